The molecule has 0 fully saturated rings. The summed E-state index contributed by atoms with van der Waals surface area (Å²) in [5, 5.41) is 0.669. The van der Waals surface area contributed by atoms with Crippen molar-refractivity contribution in [2.45, 2.75) is 33.0 Å². The molecule has 0 N–H and O–H groups in total. The van der Waals surface area contributed by atoms with Gasteiger partial charge in [0.2, 0.25) is 0 Å². The van der Waals surface area contributed by atoms with Crippen molar-refractivity contribution in [3.63, 3.8) is 0 Å². The molecular weight excluding hydrogens is 417 g/mol. The zero-order valence-electron chi connectivity index (χ0n) is 16.9. The molecule has 0 heterocycles. The van der Waals surface area contributed by atoms with Crippen molar-refractivity contribution in [2.75, 3.05) is 13.2 Å². The molecule has 0 saturated carbocycles. The van der Waals surface area contributed by atoms with Crippen molar-refractivity contribution >= 4 is 34.2 Å². The number of halogens is 1. The summed E-state index contributed by atoms with van der Waals surface area (Å²) < 4.78 is 18.1. The van der Waals surface area contributed by atoms with E-state index in [-0.39, 0.29) is 0 Å². The largest absolute Gasteiger partial charge is 0.494 e. The van der Waals surface area contributed by atoms with E-state index in [1.807, 2.05) is 18.2 Å². The Balaban J connectivity index is 2.20. The topological polar surface area (TPSA) is 32.0 Å². The van der Waals surface area contributed by atoms with E-state index in [2.05, 4.69) is 48.5 Å². The van der Waals surface area contributed by atoms with E-state index >= 15 is 0 Å². The predicted molar refractivity (Wildman–Crippen MR) is 119 cm³/mol. The summed E-state index contributed by atoms with van der Waals surface area (Å²) in [5.74, 6) is 2.29. The summed E-state index contributed by atoms with van der Waals surface area (Å²) in [6, 6.07) is 13.0. The zero-order chi connectivity index (χ0) is 20.5. The van der Waals surface area contributed by atoms with E-state index < -0.39 is 7.12 Å². The van der Waals surface area contributed by atoms with Gasteiger partial charge in [0.05, 0.1) is 6.57 Å². The third-order valence-corrected chi connectivity index (χ3v) is 4.48. The molecule has 0 aliphatic carbocycles. The van der Waals surface area contributed by atoms with Gasteiger partial charge in [-0.15, -0.1) is 0 Å². The Morgan fingerprint density at radius 2 is 1.50 bits per heavy atom. The Labute approximate surface area is 177 Å². The molecule has 0 spiro atoms. The number of nitrogens with zero attached hydrogens (tertiary/aromatic N) is 1. The molecule has 0 bridgehead atoms. The van der Waals surface area contributed by atoms with Crippen LogP contribution in [0.4, 0.5) is 5.69 Å². The lowest BCUT2D eigenvalue weighted by molar-refractivity contribution is 0.172. The normalized spacial score (nSPS) is 10.9. The molecule has 148 valence electrons. The molecule has 2 aromatic carbocycles. The van der Waals surface area contributed by atoms with Crippen molar-refractivity contribution in [1.29, 1.82) is 0 Å². The van der Waals surface area contributed by atoms with Gasteiger partial charge in [-0.05, 0) is 47.1 Å². The molecule has 4 nitrogen and oxygen atoms in total. The zero-order valence-corrected chi connectivity index (χ0v) is 18.5. The van der Waals surface area contributed by atoms with E-state index in [0.29, 0.717) is 41.8 Å². The van der Waals surface area contributed by atoms with E-state index in [9.17, 15) is 0 Å². The molecule has 0 unspecified atom stereocenters. The van der Waals surface area contributed by atoms with Gasteiger partial charge in [0, 0.05) is 18.5 Å². The minimum absolute atomic E-state index is 0.399. The molecule has 6 heteroatoms. The van der Waals surface area contributed by atoms with Crippen molar-refractivity contribution in [1.82, 2.24) is 0 Å². The Morgan fingerprint density at radius 1 is 0.929 bits per heavy atom. The van der Waals surface area contributed by atoms with Gasteiger partial charge in [0.1, 0.15) is 11.5 Å². The van der Waals surface area contributed by atoms with Gasteiger partial charge in [-0.25, -0.2) is 4.85 Å². The molecule has 0 saturated heterocycles. The number of hydrogen-bond donors (Lipinski definition) is 0. The summed E-state index contributed by atoms with van der Waals surface area (Å²) in [6.45, 7) is 16.8. The molecule has 28 heavy (non-hydrogen) atoms. The molecule has 0 aromatic heterocycles. The maximum absolute atomic E-state index is 7.03. The van der Waals surface area contributed by atoms with Crippen LogP contribution in [-0.2, 0) is 14.6 Å². The van der Waals surface area contributed by atoms with Gasteiger partial charge in [0.25, 0.3) is 0 Å². The highest BCUT2D eigenvalue weighted by atomic mass is 79.9. The predicted octanol–water partition coefficient (Wildman–Crippen LogP) is 5.96. The number of hydrogen-bond acceptors (Lipinski definition) is 3. The average molecular weight is 444 g/mol. The second-order valence-corrected chi connectivity index (χ2v) is 8.05. The van der Waals surface area contributed by atoms with Crippen LogP contribution in [0.15, 0.2) is 42.5 Å². The average Bonchev–Trinajstić information content (AvgIpc) is 2.68. The highest BCUT2D eigenvalue weighted by Crippen LogP contribution is 2.25. The number of ether oxygens (including phenoxy) is 1. The first kappa shape index (κ1) is 22.5. The summed E-state index contributed by atoms with van der Waals surface area (Å²) in [5.41, 5.74) is 2.66. The molecule has 0 aliphatic rings. The molecule has 0 radical (unpaired) electrons. The van der Waals surface area contributed by atoms with Gasteiger partial charge in [-0.1, -0.05) is 61.8 Å². The van der Waals surface area contributed by atoms with Gasteiger partial charge >= 0.3 is 7.12 Å². The fourth-order valence-corrected chi connectivity index (χ4v) is 2.99. The Hall–Kier alpha value is -1.81. The van der Waals surface area contributed by atoms with E-state index in [1.165, 1.54) is 0 Å². The van der Waals surface area contributed by atoms with Crippen LogP contribution < -0.4 is 10.2 Å². The van der Waals surface area contributed by atoms with Crippen LogP contribution in [0.2, 0.25) is 0 Å². The maximum atomic E-state index is 7.03. The van der Waals surface area contributed by atoms with Gasteiger partial charge in [-0.2, -0.15) is 0 Å². The van der Waals surface area contributed by atoms with Gasteiger partial charge in [-0.3, -0.25) is 0 Å². The molecule has 0 atom stereocenters. The first-order valence-corrected chi connectivity index (χ1v) is 10.6. The summed E-state index contributed by atoms with van der Waals surface area (Å²) >= 11 is 3.58. The fourth-order valence-electron chi connectivity index (χ4n) is 2.50. The molecule has 2 aromatic rings. The van der Waals surface area contributed by atoms with Crippen LogP contribution in [0.3, 0.4) is 0 Å². The third-order valence-electron chi connectivity index (χ3n) is 3.88. The smallest absolute Gasteiger partial charge is 0.457 e. The lowest BCUT2D eigenvalue weighted by atomic mass is 9.75. The van der Waals surface area contributed by atoms with Crippen LogP contribution >= 0.6 is 15.9 Å². The number of alkyl halides is 1. The highest BCUT2D eigenvalue weighted by molar-refractivity contribution is 9.08. The minimum atomic E-state index is -0.399. The van der Waals surface area contributed by atoms with Crippen LogP contribution in [0.1, 0.15) is 33.3 Å². The van der Waals surface area contributed by atoms with Crippen molar-refractivity contribution in [3.05, 3.63) is 59.4 Å². The first-order chi connectivity index (χ1) is 13.4. The summed E-state index contributed by atoms with van der Waals surface area (Å²) in [4.78, 5) is 3.40. The van der Waals surface area contributed by atoms with E-state index in [1.54, 1.807) is 24.3 Å². The Kier molecular flexibility index (Phi) is 9.04. The summed E-state index contributed by atoms with van der Waals surface area (Å²) in [7, 11) is -0.399. The van der Waals surface area contributed by atoms with Crippen LogP contribution in [0, 0.1) is 18.4 Å². The van der Waals surface area contributed by atoms with Crippen LogP contribution in [-0.4, -0.2) is 20.3 Å². The third kappa shape index (κ3) is 6.98. The maximum Gasteiger partial charge on any atom is 0.494 e. The lowest BCUT2D eigenvalue weighted by Gasteiger charge is -2.20. The van der Waals surface area contributed by atoms with Crippen molar-refractivity contribution < 1.29 is 14.0 Å². The Bertz CT molecular complexity index is 775. The van der Waals surface area contributed by atoms with Crippen LogP contribution in [0.5, 0.6) is 11.5 Å². The second-order valence-electron chi connectivity index (χ2n) is 7.49. The SMILES string of the molecule is [C-]#[N+]c1ccc(Oc2ccc(B(OCC(C)C)OCC(C)C)c(CBr)c2)cc1. The fraction of sp³-hybridized carbons (Fsp3) is 0.409. The molecule has 2 rings (SSSR count). The lowest BCUT2D eigenvalue weighted by Crippen LogP contribution is -2.40. The monoisotopic (exact) mass is 443 g/mol. The standard InChI is InChI=1S/C22H27BBrNO3/c1-16(2)14-26-23(27-15-17(3)4)22-11-10-21(12-18(22)13-24)28-20-8-6-19(25-5)7-9-20/h6-12,16-17H,13-15H2,1-4H3. The van der Waals surface area contributed by atoms with Crippen molar-refractivity contribution in [2.24, 2.45) is 11.8 Å². The van der Waals surface area contributed by atoms with Gasteiger partial charge in [0.15, 0.2) is 5.69 Å². The van der Waals surface area contributed by atoms with Crippen molar-refractivity contribution in [3.8, 4) is 11.5 Å². The minimum Gasteiger partial charge on any atom is -0.457 e. The second kappa shape index (κ2) is 11.3. The van der Waals surface area contributed by atoms with E-state index in [0.717, 1.165) is 16.8 Å². The first-order valence-electron chi connectivity index (χ1n) is 9.50. The summed E-state index contributed by atoms with van der Waals surface area (Å²) in [6.07, 6.45) is 0. The molecular formula is C22H27BBrNO3. The molecule has 0 aliphatic heterocycles. The highest BCUT2D eigenvalue weighted by Gasteiger charge is 2.25. The Morgan fingerprint density at radius 3 is 2.00 bits per heavy atom. The molecule has 0 amide bonds. The number of benzene rings is 2. The quantitative estimate of drug-likeness (QED) is 0.257. The van der Waals surface area contributed by atoms with Crippen LogP contribution in [0.25, 0.3) is 4.85 Å². The van der Waals surface area contributed by atoms with Gasteiger partial charge < -0.3 is 14.0 Å². The number of rotatable bonds is 10. The van der Waals surface area contributed by atoms with E-state index in [4.69, 9.17) is 20.6 Å².